The van der Waals surface area contributed by atoms with E-state index in [0.29, 0.717) is 20.7 Å². The van der Waals surface area contributed by atoms with Crippen LogP contribution >= 0.6 is 27.3 Å². The molecule has 1 atom stereocenters. The molecular weight excluding hydrogens is 481 g/mol. The van der Waals surface area contributed by atoms with Gasteiger partial charge in [-0.25, -0.2) is 12.8 Å². The molecule has 0 aliphatic carbocycles. The quantitative estimate of drug-likeness (QED) is 0.554. The number of methoxy groups -OCH3 is 1. The normalized spacial score (nSPS) is 16.2. The van der Waals surface area contributed by atoms with Crippen LogP contribution in [0.5, 0.6) is 5.75 Å². The Morgan fingerprint density at radius 1 is 1.21 bits per heavy atom. The van der Waals surface area contributed by atoms with Crippen LogP contribution in [0.4, 0.5) is 10.1 Å². The molecule has 1 N–H and O–H groups in total. The fourth-order valence-corrected chi connectivity index (χ4v) is 6.59. The Labute approximate surface area is 179 Å². The molecule has 1 amide bonds. The van der Waals surface area contributed by atoms with Gasteiger partial charge in [-0.1, -0.05) is 15.9 Å². The Balaban J connectivity index is 1.82. The van der Waals surface area contributed by atoms with Crippen LogP contribution in [0.3, 0.4) is 0 Å². The van der Waals surface area contributed by atoms with E-state index in [9.17, 15) is 17.6 Å². The van der Waals surface area contributed by atoms with E-state index in [4.69, 9.17) is 4.74 Å². The summed E-state index contributed by atoms with van der Waals surface area (Å²) in [6, 6.07) is 10.6. The number of anilines is 1. The molecule has 0 bridgehead atoms. The molecule has 150 valence electrons. The molecule has 4 rings (SSSR count). The Kier molecular flexibility index (Phi) is 5.22. The lowest BCUT2D eigenvalue weighted by Crippen LogP contribution is -2.24. The third kappa shape index (κ3) is 3.58. The Morgan fingerprint density at radius 2 is 1.93 bits per heavy atom. The lowest BCUT2D eigenvalue weighted by atomic mass is 9.90. The molecule has 29 heavy (non-hydrogen) atoms. The van der Waals surface area contributed by atoms with Crippen molar-refractivity contribution in [3.63, 3.8) is 0 Å². The van der Waals surface area contributed by atoms with Crippen LogP contribution in [0, 0.1) is 5.82 Å². The van der Waals surface area contributed by atoms with Crippen LogP contribution in [0.2, 0.25) is 0 Å². The van der Waals surface area contributed by atoms with Gasteiger partial charge in [-0.15, -0.1) is 11.3 Å². The van der Waals surface area contributed by atoms with Crippen LogP contribution < -0.4 is 10.1 Å². The van der Waals surface area contributed by atoms with E-state index in [1.165, 1.54) is 42.0 Å². The Hall–Kier alpha value is -2.23. The summed E-state index contributed by atoms with van der Waals surface area (Å²) in [7, 11) is -2.38. The summed E-state index contributed by atoms with van der Waals surface area (Å²) in [4.78, 5) is 13.1. The smallest absolute Gasteiger partial charge is 0.225 e. The van der Waals surface area contributed by atoms with Gasteiger partial charge in [0, 0.05) is 27.1 Å². The first kappa shape index (κ1) is 20.1. The number of amides is 1. The zero-order valence-electron chi connectivity index (χ0n) is 15.1. The molecule has 0 fully saturated rings. The van der Waals surface area contributed by atoms with Crippen LogP contribution in [0.1, 0.15) is 22.8 Å². The molecule has 2 heterocycles. The second-order valence-corrected chi connectivity index (χ2v) is 10.2. The summed E-state index contributed by atoms with van der Waals surface area (Å²) >= 11 is 4.53. The zero-order valence-corrected chi connectivity index (χ0v) is 18.3. The minimum absolute atomic E-state index is 0.0103. The molecule has 1 aromatic heterocycles. The molecular formula is C20H15BrFNO4S2. The molecule has 0 saturated carbocycles. The zero-order chi connectivity index (χ0) is 20.8. The van der Waals surface area contributed by atoms with Gasteiger partial charge in [0.15, 0.2) is 0 Å². The number of hydrogen-bond donors (Lipinski definition) is 1. The molecule has 5 nitrogen and oxygen atoms in total. The summed E-state index contributed by atoms with van der Waals surface area (Å²) in [5, 5.41) is 4.17. The number of sulfone groups is 1. The molecule has 0 radical (unpaired) electrons. The maximum Gasteiger partial charge on any atom is 0.225 e. The van der Waals surface area contributed by atoms with E-state index < -0.39 is 21.6 Å². The molecule has 9 heteroatoms. The molecule has 0 saturated heterocycles. The summed E-state index contributed by atoms with van der Waals surface area (Å²) in [6.45, 7) is 0. The van der Waals surface area contributed by atoms with Crippen molar-refractivity contribution in [3.05, 3.63) is 68.6 Å². The molecule has 1 aliphatic heterocycles. The van der Waals surface area contributed by atoms with Gasteiger partial charge >= 0.3 is 0 Å². The number of nitrogens with one attached hydrogen (secondary N) is 1. The van der Waals surface area contributed by atoms with Gasteiger partial charge in [0.1, 0.15) is 16.5 Å². The topological polar surface area (TPSA) is 72.5 Å². The number of ether oxygens (including phenoxy) is 1. The average molecular weight is 496 g/mol. The molecule has 0 spiro atoms. The van der Waals surface area contributed by atoms with Gasteiger partial charge in [-0.3, -0.25) is 4.79 Å². The summed E-state index contributed by atoms with van der Waals surface area (Å²) in [5.41, 5.74) is 0.581. The average Bonchev–Trinajstić information content (AvgIpc) is 3.14. The third-order valence-electron chi connectivity index (χ3n) is 4.75. The standard InChI is InChI=1S/C20H15BrFNO4S2/c1-27-12-3-5-13(6-4-12)29(25,26)17-10-28-20-15(9-18(24)23-19(17)20)14-8-11(21)2-7-16(14)22/h2-8,10,15H,9H2,1H3,(H,23,24). The predicted molar refractivity (Wildman–Crippen MR) is 112 cm³/mol. The highest BCUT2D eigenvalue weighted by Crippen LogP contribution is 2.46. The van der Waals surface area contributed by atoms with Crippen molar-refractivity contribution in [2.75, 3.05) is 12.4 Å². The van der Waals surface area contributed by atoms with Crippen molar-refractivity contribution >= 4 is 48.7 Å². The third-order valence-corrected chi connectivity index (χ3v) is 8.28. The van der Waals surface area contributed by atoms with Crippen LogP contribution in [0.25, 0.3) is 0 Å². The molecule has 2 aromatic carbocycles. The first-order chi connectivity index (χ1) is 13.8. The minimum atomic E-state index is -3.87. The maximum absolute atomic E-state index is 14.5. The number of carbonyl (C=O) groups excluding carboxylic acids is 1. The highest BCUT2D eigenvalue weighted by molar-refractivity contribution is 9.10. The molecule has 3 aromatic rings. The summed E-state index contributed by atoms with van der Waals surface area (Å²) in [5.74, 6) is -0.811. The second-order valence-electron chi connectivity index (χ2n) is 6.49. The van der Waals surface area contributed by atoms with E-state index in [1.807, 2.05) is 0 Å². The Morgan fingerprint density at radius 3 is 2.62 bits per heavy atom. The van der Waals surface area contributed by atoms with Crippen molar-refractivity contribution in [2.45, 2.75) is 22.1 Å². The number of fused-ring (bicyclic) bond motifs is 1. The van der Waals surface area contributed by atoms with Gasteiger partial charge in [-0.05, 0) is 48.0 Å². The first-order valence-corrected chi connectivity index (χ1v) is 11.7. The van der Waals surface area contributed by atoms with Crippen LogP contribution in [-0.2, 0) is 14.6 Å². The maximum atomic E-state index is 14.5. The van der Waals surface area contributed by atoms with E-state index in [-0.39, 0.29) is 27.8 Å². The van der Waals surface area contributed by atoms with Crippen LogP contribution in [-0.4, -0.2) is 21.4 Å². The van der Waals surface area contributed by atoms with Gasteiger partial charge in [-0.2, -0.15) is 0 Å². The van der Waals surface area contributed by atoms with Crippen LogP contribution in [0.15, 0.2) is 62.1 Å². The summed E-state index contributed by atoms with van der Waals surface area (Å²) < 4.78 is 46.6. The highest BCUT2D eigenvalue weighted by atomic mass is 79.9. The predicted octanol–water partition coefficient (Wildman–Crippen LogP) is 4.97. The fraction of sp³-hybridized carbons (Fsp3) is 0.150. The first-order valence-electron chi connectivity index (χ1n) is 8.56. The lowest BCUT2D eigenvalue weighted by molar-refractivity contribution is -0.116. The van der Waals surface area contributed by atoms with Crippen molar-refractivity contribution in [2.24, 2.45) is 0 Å². The van der Waals surface area contributed by atoms with E-state index in [2.05, 4.69) is 21.2 Å². The largest absolute Gasteiger partial charge is 0.497 e. The lowest BCUT2D eigenvalue weighted by Gasteiger charge is -2.24. The number of hydrogen-bond acceptors (Lipinski definition) is 5. The van der Waals surface area contributed by atoms with Gasteiger partial charge in [0.2, 0.25) is 15.7 Å². The summed E-state index contributed by atoms with van der Waals surface area (Å²) in [6.07, 6.45) is 0.0446. The monoisotopic (exact) mass is 495 g/mol. The van der Waals surface area contributed by atoms with Gasteiger partial charge in [0.05, 0.1) is 17.7 Å². The highest BCUT2D eigenvalue weighted by Gasteiger charge is 2.35. The minimum Gasteiger partial charge on any atom is -0.497 e. The molecule has 1 aliphatic rings. The number of halogens is 2. The van der Waals surface area contributed by atoms with Crippen molar-refractivity contribution in [1.29, 1.82) is 0 Å². The number of carbonyl (C=O) groups is 1. The van der Waals surface area contributed by atoms with Crippen molar-refractivity contribution in [1.82, 2.24) is 0 Å². The van der Waals surface area contributed by atoms with E-state index in [1.54, 1.807) is 24.3 Å². The van der Waals surface area contributed by atoms with E-state index >= 15 is 0 Å². The SMILES string of the molecule is COc1ccc(S(=O)(=O)c2csc3c2NC(=O)CC3c2cc(Br)ccc2F)cc1. The van der Waals surface area contributed by atoms with Crippen molar-refractivity contribution < 1.29 is 22.3 Å². The van der Waals surface area contributed by atoms with E-state index in [0.717, 1.165) is 0 Å². The fourth-order valence-electron chi connectivity index (χ4n) is 3.32. The van der Waals surface area contributed by atoms with Crippen molar-refractivity contribution in [3.8, 4) is 5.75 Å². The second kappa shape index (κ2) is 7.55. The molecule has 1 unspecified atom stereocenters. The number of benzene rings is 2. The number of thiophene rings is 1. The Bertz CT molecular complexity index is 1210. The van der Waals surface area contributed by atoms with Gasteiger partial charge in [0.25, 0.3) is 0 Å². The van der Waals surface area contributed by atoms with Gasteiger partial charge < -0.3 is 10.1 Å². The number of rotatable bonds is 4.